The molecular weight excluding hydrogens is 268 g/mol. The lowest BCUT2D eigenvalue weighted by atomic mass is 10.0. The monoisotopic (exact) mass is 286 g/mol. The second-order valence-electron chi connectivity index (χ2n) is 4.42. The van der Waals surface area contributed by atoms with Crippen molar-refractivity contribution in [3.63, 3.8) is 0 Å². The molecule has 0 saturated heterocycles. The first-order chi connectivity index (χ1) is 8.79. The molecule has 1 rings (SSSR count). The lowest BCUT2D eigenvalue weighted by Crippen LogP contribution is -2.26. The summed E-state index contributed by atoms with van der Waals surface area (Å²) in [5.41, 5.74) is 0.398. The Hall–Kier alpha value is -1.47. The fourth-order valence-corrected chi connectivity index (χ4v) is 2.47. The first-order valence-electron chi connectivity index (χ1n) is 5.94. The Bertz CT molecular complexity index is 565. The molecule has 6 nitrogen and oxygen atoms in total. The highest BCUT2D eigenvalue weighted by molar-refractivity contribution is 7.90. The van der Waals surface area contributed by atoms with Crippen LogP contribution in [0.5, 0.6) is 0 Å². The smallest absolute Gasteiger partial charge is 0.273 e. The molecule has 0 heterocycles. The largest absolute Gasteiger partial charge is 0.317 e. The Balaban J connectivity index is 3.23. The average Bonchev–Trinajstić information content (AvgIpc) is 2.34. The summed E-state index contributed by atoms with van der Waals surface area (Å²) in [5.74, 6) is 0. The van der Waals surface area contributed by atoms with Crippen molar-refractivity contribution in [2.24, 2.45) is 0 Å². The van der Waals surface area contributed by atoms with Gasteiger partial charge in [-0.25, -0.2) is 8.42 Å². The van der Waals surface area contributed by atoms with E-state index in [1.165, 1.54) is 12.1 Å². The summed E-state index contributed by atoms with van der Waals surface area (Å²) in [6, 6.07) is 4.20. The highest BCUT2D eigenvalue weighted by atomic mass is 32.2. The molecule has 1 aromatic carbocycles. The minimum atomic E-state index is -3.44. The third-order valence-corrected chi connectivity index (χ3v) is 4.16. The molecule has 1 aromatic rings. The van der Waals surface area contributed by atoms with Crippen LogP contribution in [0.2, 0.25) is 0 Å². The topological polar surface area (TPSA) is 89.3 Å². The SMILES string of the molecule is CCC(Cc1ccc(S(C)(=O)=O)cc1[N+](=O)[O-])NC. The Morgan fingerprint density at radius 3 is 2.47 bits per heavy atom. The molecule has 0 saturated carbocycles. The molecule has 1 atom stereocenters. The van der Waals surface area contributed by atoms with Crippen LogP contribution in [0.3, 0.4) is 0 Å². The Kier molecular flexibility index (Phi) is 5.02. The van der Waals surface area contributed by atoms with Gasteiger partial charge in [-0.05, 0) is 26.0 Å². The van der Waals surface area contributed by atoms with Gasteiger partial charge in [0.2, 0.25) is 0 Å². The molecule has 106 valence electrons. The zero-order valence-corrected chi connectivity index (χ0v) is 12.0. The summed E-state index contributed by atoms with van der Waals surface area (Å²) in [5, 5.41) is 14.1. The van der Waals surface area contributed by atoms with Gasteiger partial charge in [-0.2, -0.15) is 0 Å². The van der Waals surface area contributed by atoms with Crippen LogP contribution in [0, 0.1) is 10.1 Å². The van der Waals surface area contributed by atoms with Crippen LogP contribution in [0.1, 0.15) is 18.9 Å². The maximum Gasteiger partial charge on any atom is 0.273 e. The van der Waals surface area contributed by atoms with Crippen LogP contribution in [0.15, 0.2) is 23.1 Å². The average molecular weight is 286 g/mol. The normalized spacial score (nSPS) is 13.2. The van der Waals surface area contributed by atoms with Crippen LogP contribution in [0.4, 0.5) is 5.69 Å². The highest BCUT2D eigenvalue weighted by Crippen LogP contribution is 2.24. The summed E-state index contributed by atoms with van der Waals surface area (Å²) >= 11 is 0. The van der Waals surface area contributed by atoms with Crippen LogP contribution in [-0.2, 0) is 16.3 Å². The number of benzene rings is 1. The zero-order valence-electron chi connectivity index (χ0n) is 11.2. The number of hydrogen-bond donors (Lipinski definition) is 1. The summed E-state index contributed by atoms with van der Waals surface area (Å²) in [4.78, 5) is 10.5. The quantitative estimate of drug-likeness (QED) is 0.633. The summed E-state index contributed by atoms with van der Waals surface area (Å²) in [6.45, 7) is 1.98. The highest BCUT2D eigenvalue weighted by Gasteiger charge is 2.20. The number of nitro benzene ring substituents is 1. The molecule has 19 heavy (non-hydrogen) atoms. The van der Waals surface area contributed by atoms with E-state index in [4.69, 9.17) is 0 Å². The van der Waals surface area contributed by atoms with Crippen molar-refractivity contribution in [3.05, 3.63) is 33.9 Å². The molecule has 0 radical (unpaired) electrons. The Labute approximate surface area is 112 Å². The summed E-state index contributed by atoms with van der Waals surface area (Å²) in [6.07, 6.45) is 2.36. The van der Waals surface area contributed by atoms with E-state index in [0.717, 1.165) is 18.7 Å². The van der Waals surface area contributed by atoms with Crippen molar-refractivity contribution in [1.82, 2.24) is 5.32 Å². The van der Waals surface area contributed by atoms with Crippen molar-refractivity contribution in [2.45, 2.75) is 30.7 Å². The second kappa shape index (κ2) is 6.12. The molecular formula is C12H18N2O4S. The van der Waals surface area contributed by atoms with Crippen molar-refractivity contribution in [3.8, 4) is 0 Å². The molecule has 0 aliphatic carbocycles. The van der Waals surface area contributed by atoms with Gasteiger partial charge >= 0.3 is 0 Å². The van der Waals surface area contributed by atoms with Gasteiger partial charge in [0.25, 0.3) is 5.69 Å². The fraction of sp³-hybridized carbons (Fsp3) is 0.500. The van der Waals surface area contributed by atoms with Gasteiger partial charge in [0, 0.05) is 23.9 Å². The molecule has 1 unspecified atom stereocenters. The van der Waals surface area contributed by atoms with Gasteiger partial charge in [-0.3, -0.25) is 10.1 Å². The summed E-state index contributed by atoms with van der Waals surface area (Å²) < 4.78 is 22.8. The molecule has 0 amide bonds. The van der Waals surface area contributed by atoms with E-state index in [9.17, 15) is 18.5 Å². The van der Waals surface area contributed by atoms with Gasteiger partial charge in [0.05, 0.1) is 9.82 Å². The molecule has 0 fully saturated rings. The van der Waals surface area contributed by atoms with Gasteiger partial charge in [-0.15, -0.1) is 0 Å². The number of nitrogens with zero attached hydrogens (tertiary/aromatic N) is 1. The lowest BCUT2D eigenvalue weighted by molar-refractivity contribution is -0.385. The van der Waals surface area contributed by atoms with Crippen molar-refractivity contribution < 1.29 is 13.3 Å². The van der Waals surface area contributed by atoms with Crippen LogP contribution in [-0.4, -0.2) is 32.7 Å². The number of nitrogens with one attached hydrogen (secondary N) is 1. The number of sulfone groups is 1. The first kappa shape index (κ1) is 15.6. The van der Waals surface area contributed by atoms with Crippen molar-refractivity contribution in [1.29, 1.82) is 0 Å². The maximum absolute atomic E-state index is 11.4. The zero-order chi connectivity index (χ0) is 14.6. The minimum absolute atomic E-state index is 0.0274. The van der Waals surface area contributed by atoms with Gasteiger partial charge in [-0.1, -0.05) is 13.0 Å². The molecule has 0 spiro atoms. The van der Waals surface area contributed by atoms with Crippen molar-refractivity contribution >= 4 is 15.5 Å². The molecule has 0 aliphatic rings. The third-order valence-electron chi connectivity index (χ3n) is 3.05. The molecule has 0 bridgehead atoms. The van der Waals surface area contributed by atoms with E-state index in [-0.39, 0.29) is 16.6 Å². The minimum Gasteiger partial charge on any atom is -0.317 e. The molecule has 1 N–H and O–H groups in total. The third kappa shape index (κ3) is 4.00. The standard InChI is InChI=1S/C12H18N2O4S/c1-4-10(13-2)7-9-5-6-11(19(3,17)18)8-12(9)14(15)16/h5-6,8,10,13H,4,7H2,1-3H3. The van der Waals surface area contributed by atoms with E-state index in [1.54, 1.807) is 7.05 Å². The van der Waals surface area contributed by atoms with E-state index in [1.807, 2.05) is 6.92 Å². The van der Waals surface area contributed by atoms with E-state index in [2.05, 4.69) is 5.32 Å². The number of hydrogen-bond acceptors (Lipinski definition) is 5. The van der Waals surface area contributed by atoms with Crippen molar-refractivity contribution in [2.75, 3.05) is 13.3 Å². The van der Waals surface area contributed by atoms with E-state index in [0.29, 0.717) is 12.0 Å². The maximum atomic E-state index is 11.4. The molecule has 0 aromatic heterocycles. The Morgan fingerprint density at radius 1 is 1.42 bits per heavy atom. The van der Waals surface area contributed by atoms with Crippen LogP contribution >= 0.6 is 0 Å². The summed E-state index contributed by atoms with van der Waals surface area (Å²) in [7, 11) is -1.64. The van der Waals surface area contributed by atoms with Gasteiger partial charge in [0.15, 0.2) is 9.84 Å². The number of nitro groups is 1. The first-order valence-corrected chi connectivity index (χ1v) is 7.83. The van der Waals surface area contributed by atoms with E-state index >= 15 is 0 Å². The Morgan fingerprint density at radius 2 is 2.05 bits per heavy atom. The van der Waals surface area contributed by atoms with Gasteiger partial charge in [0.1, 0.15) is 0 Å². The fourth-order valence-electron chi connectivity index (χ4n) is 1.83. The predicted molar refractivity (Wildman–Crippen MR) is 73.0 cm³/mol. The van der Waals surface area contributed by atoms with E-state index < -0.39 is 14.8 Å². The van der Waals surface area contributed by atoms with Gasteiger partial charge < -0.3 is 5.32 Å². The molecule has 0 aliphatic heterocycles. The van der Waals surface area contributed by atoms with Crippen LogP contribution < -0.4 is 5.32 Å². The lowest BCUT2D eigenvalue weighted by Gasteiger charge is -2.14. The molecule has 7 heteroatoms. The number of rotatable bonds is 6. The number of likely N-dealkylation sites (N-methyl/N-ethyl adjacent to an activating group) is 1. The second-order valence-corrected chi connectivity index (χ2v) is 6.43. The predicted octanol–water partition coefficient (Wildman–Crippen LogP) is 1.54. The van der Waals surface area contributed by atoms with Crippen LogP contribution in [0.25, 0.3) is 0 Å².